The Balaban J connectivity index is 1.83. The van der Waals surface area contributed by atoms with Crippen molar-refractivity contribution in [1.29, 1.82) is 0 Å². The summed E-state index contributed by atoms with van der Waals surface area (Å²) >= 11 is 1.34. The van der Waals surface area contributed by atoms with Crippen LogP contribution in [0.15, 0.2) is 42.5 Å². The number of H-pyrrole nitrogens is 1. The first-order chi connectivity index (χ1) is 9.40. The largest absolute Gasteiger partial charge is 0.293 e. The van der Waals surface area contributed by atoms with Crippen molar-refractivity contribution in [2.24, 2.45) is 0 Å². The maximum Gasteiger partial charge on any atom is 0.134 e. The Morgan fingerprint density at radius 3 is 2.74 bits per heavy atom. The summed E-state index contributed by atoms with van der Waals surface area (Å²) in [6.07, 6.45) is 0.755. The van der Waals surface area contributed by atoms with Crippen LogP contribution >= 0.6 is 11.7 Å². The Labute approximate surface area is 113 Å². The third kappa shape index (κ3) is 1.79. The molecule has 0 amide bonds. The predicted octanol–water partition coefficient (Wildman–Crippen LogP) is 3.16. The van der Waals surface area contributed by atoms with E-state index in [-0.39, 0.29) is 0 Å². The minimum atomic E-state index is 0.755. The third-order valence-corrected chi connectivity index (χ3v) is 3.70. The molecule has 2 aromatic carbocycles. The van der Waals surface area contributed by atoms with E-state index in [1.54, 1.807) is 0 Å². The van der Waals surface area contributed by atoms with Crippen LogP contribution in [0, 0.1) is 0 Å². The fraction of sp³-hybridized carbons (Fsp3) is 0.0714. The van der Waals surface area contributed by atoms with Gasteiger partial charge in [0.1, 0.15) is 16.9 Å². The summed E-state index contributed by atoms with van der Waals surface area (Å²) in [5, 5.41) is 0. The fourth-order valence-corrected chi connectivity index (χ4v) is 2.80. The van der Waals surface area contributed by atoms with E-state index < -0.39 is 0 Å². The SMILES string of the molecule is c1ccc(Cc2nc3ccc4[nH]snc4c3n2)cc1. The first-order valence-electron chi connectivity index (χ1n) is 6.03. The molecule has 0 unspecified atom stereocenters. The van der Waals surface area contributed by atoms with Crippen LogP contribution < -0.4 is 0 Å². The average Bonchev–Trinajstić information content (AvgIpc) is 3.04. The second-order valence-electron chi connectivity index (χ2n) is 4.42. The molecular weight excluding hydrogens is 256 g/mol. The van der Waals surface area contributed by atoms with Gasteiger partial charge >= 0.3 is 0 Å². The van der Waals surface area contributed by atoms with E-state index in [9.17, 15) is 0 Å². The van der Waals surface area contributed by atoms with E-state index in [0.717, 1.165) is 34.3 Å². The highest BCUT2D eigenvalue weighted by Gasteiger charge is 2.10. The Kier molecular flexibility index (Phi) is 2.31. The molecule has 0 radical (unpaired) electrons. The summed E-state index contributed by atoms with van der Waals surface area (Å²) in [7, 11) is 0. The van der Waals surface area contributed by atoms with Crippen molar-refractivity contribution in [2.45, 2.75) is 6.42 Å². The van der Waals surface area contributed by atoms with E-state index in [2.05, 4.69) is 30.8 Å². The molecule has 0 aliphatic rings. The molecule has 0 aliphatic carbocycles. The molecule has 1 N–H and O–H groups in total. The second kappa shape index (κ2) is 4.13. The number of hydrogen-bond donors (Lipinski definition) is 1. The molecule has 0 atom stereocenters. The van der Waals surface area contributed by atoms with Gasteiger partial charge in [0.15, 0.2) is 0 Å². The van der Waals surface area contributed by atoms with Crippen LogP contribution in [0.1, 0.15) is 11.4 Å². The Bertz CT molecular complexity index is 848. The van der Waals surface area contributed by atoms with Crippen molar-refractivity contribution in [3.05, 3.63) is 53.9 Å². The molecule has 0 saturated carbocycles. The van der Waals surface area contributed by atoms with Crippen molar-refractivity contribution in [1.82, 2.24) is 18.7 Å². The van der Waals surface area contributed by atoms with E-state index in [0.29, 0.717) is 0 Å². The Hall–Kier alpha value is -2.27. The fourth-order valence-electron chi connectivity index (χ4n) is 2.21. The van der Waals surface area contributed by atoms with Gasteiger partial charge < -0.3 is 0 Å². The van der Waals surface area contributed by atoms with Crippen LogP contribution in [0.3, 0.4) is 0 Å². The number of aromatic nitrogens is 4. The van der Waals surface area contributed by atoms with Crippen molar-refractivity contribution in [3.63, 3.8) is 0 Å². The topological polar surface area (TPSA) is 54.5 Å². The zero-order chi connectivity index (χ0) is 12.7. The van der Waals surface area contributed by atoms with Gasteiger partial charge in [0.2, 0.25) is 0 Å². The number of nitrogens with one attached hydrogen (secondary N) is 1. The summed E-state index contributed by atoms with van der Waals surface area (Å²) in [6, 6.07) is 14.3. The van der Waals surface area contributed by atoms with Crippen LogP contribution in [0.4, 0.5) is 0 Å². The highest BCUT2D eigenvalue weighted by atomic mass is 32.1. The number of nitrogens with zero attached hydrogens (tertiary/aromatic N) is 3. The molecule has 0 bridgehead atoms. The Morgan fingerprint density at radius 1 is 0.947 bits per heavy atom. The molecule has 0 aliphatic heterocycles. The molecule has 92 valence electrons. The van der Waals surface area contributed by atoms with Gasteiger partial charge in [-0.15, -0.1) is 0 Å². The molecule has 0 spiro atoms. The lowest BCUT2D eigenvalue weighted by Crippen LogP contribution is -1.89. The first-order valence-corrected chi connectivity index (χ1v) is 6.81. The van der Waals surface area contributed by atoms with Crippen LogP contribution in [-0.4, -0.2) is 18.7 Å². The molecule has 19 heavy (non-hydrogen) atoms. The summed E-state index contributed by atoms with van der Waals surface area (Å²) < 4.78 is 7.48. The lowest BCUT2D eigenvalue weighted by Gasteiger charge is -1.95. The third-order valence-electron chi connectivity index (χ3n) is 3.12. The van der Waals surface area contributed by atoms with Gasteiger partial charge in [0, 0.05) is 18.1 Å². The zero-order valence-electron chi connectivity index (χ0n) is 10.00. The number of rotatable bonds is 2. The van der Waals surface area contributed by atoms with Gasteiger partial charge in [0.05, 0.1) is 11.0 Å². The molecule has 0 fully saturated rings. The van der Waals surface area contributed by atoms with E-state index in [1.165, 1.54) is 17.3 Å². The highest BCUT2D eigenvalue weighted by molar-refractivity contribution is 7.00. The Morgan fingerprint density at radius 2 is 1.84 bits per heavy atom. The lowest BCUT2D eigenvalue weighted by molar-refractivity contribution is 1.04. The van der Waals surface area contributed by atoms with Crippen molar-refractivity contribution in [2.75, 3.05) is 0 Å². The predicted molar refractivity (Wildman–Crippen MR) is 76.3 cm³/mol. The minimum Gasteiger partial charge on any atom is -0.293 e. The van der Waals surface area contributed by atoms with Gasteiger partial charge in [-0.3, -0.25) is 4.37 Å². The maximum absolute atomic E-state index is 4.62. The number of imidazole rings is 1. The van der Waals surface area contributed by atoms with Crippen molar-refractivity contribution in [3.8, 4) is 0 Å². The molecule has 4 aromatic rings. The minimum absolute atomic E-state index is 0.755. The molecule has 2 heterocycles. The van der Waals surface area contributed by atoms with Crippen LogP contribution in [0.5, 0.6) is 0 Å². The molecule has 4 nitrogen and oxygen atoms in total. The van der Waals surface area contributed by atoms with Crippen molar-refractivity contribution >= 4 is 33.8 Å². The summed E-state index contributed by atoms with van der Waals surface area (Å²) in [4.78, 5) is 9.20. The van der Waals surface area contributed by atoms with Gasteiger partial charge in [-0.05, 0) is 17.7 Å². The maximum atomic E-state index is 4.62. The van der Waals surface area contributed by atoms with E-state index in [4.69, 9.17) is 0 Å². The van der Waals surface area contributed by atoms with Gasteiger partial charge in [-0.2, -0.15) is 4.37 Å². The normalized spacial score (nSPS) is 11.4. The lowest BCUT2D eigenvalue weighted by atomic mass is 10.1. The summed E-state index contributed by atoms with van der Waals surface area (Å²) in [5.74, 6) is 0.849. The van der Waals surface area contributed by atoms with Gasteiger partial charge in [-0.1, -0.05) is 30.3 Å². The van der Waals surface area contributed by atoms with Crippen molar-refractivity contribution < 1.29 is 0 Å². The number of hydrogen-bond acceptors (Lipinski definition) is 4. The monoisotopic (exact) mass is 266 g/mol. The van der Waals surface area contributed by atoms with Crippen LogP contribution in [-0.2, 0) is 6.42 Å². The number of benzene rings is 2. The second-order valence-corrected chi connectivity index (χ2v) is 4.99. The molecule has 4 rings (SSSR count). The molecule has 5 heteroatoms. The van der Waals surface area contributed by atoms with E-state index >= 15 is 0 Å². The molecule has 2 aromatic heterocycles. The highest BCUT2D eigenvalue weighted by Crippen LogP contribution is 2.22. The standard InChI is InChI=1S/C14H10N4S/c1-2-4-9(5-3-1)8-12-15-10-6-7-11-14(13(10)16-12)18-19-17-11/h1-7,17H,8H2. The summed E-state index contributed by atoms with van der Waals surface area (Å²) in [6.45, 7) is 0. The smallest absolute Gasteiger partial charge is 0.134 e. The number of aromatic amines is 1. The summed E-state index contributed by atoms with van der Waals surface area (Å²) in [5.41, 5.74) is 4.95. The van der Waals surface area contributed by atoms with E-state index in [1.807, 2.05) is 30.3 Å². The zero-order valence-corrected chi connectivity index (χ0v) is 10.8. The van der Waals surface area contributed by atoms with Crippen LogP contribution in [0.2, 0.25) is 0 Å². The van der Waals surface area contributed by atoms with Gasteiger partial charge in [0.25, 0.3) is 0 Å². The number of fused-ring (bicyclic) bond motifs is 3. The van der Waals surface area contributed by atoms with Gasteiger partial charge in [-0.25, -0.2) is 9.97 Å². The first kappa shape index (κ1) is 10.6. The van der Waals surface area contributed by atoms with Crippen LogP contribution in [0.25, 0.3) is 22.1 Å². The average molecular weight is 266 g/mol. The quantitative estimate of drug-likeness (QED) is 0.606. The molecule has 0 saturated heterocycles. The molecular formula is C14H10N4S.